The molecule has 0 amide bonds. The fourth-order valence-corrected chi connectivity index (χ4v) is 2.86. The minimum Gasteiger partial charge on any atom is -0.466 e. The van der Waals surface area contributed by atoms with Crippen molar-refractivity contribution >= 4 is 15.8 Å². The maximum atomic E-state index is 11.8. The van der Waals surface area contributed by atoms with Gasteiger partial charge in [-0.25, -0.2) is 8.42 Å². The van der Waals surface area contributed by atoms with Gasteiger partial charge in [-0.3, -0.25) is 4.79 Å². The number of ether oxygens (including phenoxy) is 1. The highest BCUT2D eigenvalue weighted by molar-refractivity contribution is 7.90. The predicted molar refractivity (Wildman–Crippen MR) is 81.8 cm³/mol. The molecule has 0 aliphatic heterocycles. The van der Waals surface area contributed by atoms with E-state index in [1.807, 2.05) is 13.8 Å². The molecular weight excluding hydrogens is 290 g/mol. The van der Waals surface area contributed by atoms with Crippen LogP contribution in [0.15, 0.2) is 29.2 Å². The lowest BCUT2D eigenvalue weighted by atomic mass is 9.88. The van der Waals surface area contributed by atoms with Gasteiger partial charge in [0.15, 0.2) is 9.84 Å². The molecule has 1 atom stereocenters. The van der Waals surface area contributed by atoms with Crippen molar-refractivity contribution in [3.63, 3.8) is 0 Å². The molecule has 118 valence electrons. The quantitative estimate of drug-likeness (QED) is 0.778. The standard InChI is InChI=1S/C15H23NO4S/c1-5-16-15(3,11-14(17)20-6-2)12-7-9-13(10-8-12)21(4,18)19/h7-10,16H,5-6,11H2,1-4H3. The second-order valence-corrected chi connectivity index (χ2v) is 7.16. The summed E-state index contributed by atoms with van der Waals surface area (Å²) in [6, 6.07) is 6.59. The van der Waals surface area contributed by atoms with Crippen molar-refractivity contribution in [2.24, 2.45) is 0 Å². The van der Waals surface area contributed by atoms with E-state index < -0.39 is 15.4 Å². The van der Waals surface area contributed by atoms with Crippen LogP contribution < -0.4 is 5.32 Å². The van der Waals surface area contributed by atoms with Crippen LogP contribution in [0.4, 0.5) is 0 Å². The Morgan fingerprint density at radius 1 is 1.24 bits per heavy atom. The second kappa shape index (κ2) is 7.04. The summed E-state index contributed by atoms with van der Waals surface area (Å²) in [5.74, 6) is -0.284. The number of rotatable bonds is 7. The molecule has 1 unspecified atom stereocenters. The number of hydrogen-bond acceptors (Lipinski definition) is 5. The van der Waals surface area contributed by atoms with Gasteiger partial charge < -0.3 is 10.1 Å². The molecule has 1 rings (SSSR count). The molecule has 5 nitrogen and oxygen atoms in total. The molecule has 6 heteroatoms. The molecule has 0 radical (unpaired) electrons. The number of carbonyl (C=O) groups is 1. The molecule has 0 aliphatic rings. The monoisotopic (exact) mass is 313 g/mol. The molecule has 0 aromatic heterocycles. The van der Waals surface area contributed by atoms with E-state index in [1.165, 1.54) is 6.26 Å². The van der Waals surface area contributed by atoms with Gasteiger partial charge in [-0.1, -0.05) is 19.1 Å². The summed E-state index contributed by atoms with van der Waals surface area (Å²) in [6.07, 6.45) is 1.36. The third kappa shape index (κ3) is 4.82. The number of benzene rings is 1. The Labute approximate surface area is 126 Å². The zero-order chi connectivity index (χ0) is 16.1. The summed E-state index contributed by atoms with van der Waals surface area (Å²) in [7, 11) is -3.22. The summed E-state index contributed by atoms with van der Waals surface area (Å²) in [5.41, 5.74) is 0.265. The van der Waals surface area contributed by atoms with Gasteiger partial charge in [-0.05, 0) is 38.1 Å². The highest BCUT2D eigenvalue weighted by Crippen LogP contribution is 2.26. The lowest BCUT2D eigenvalue weighted by Crippen LogP contribution is -2.41. The zero-order valence-electron chi connectivity index (χ0n) is 13.0. The number of sulfone groups is 1. The molecule has 1 aromatic carbocycles. The summed E-state index contributed by atoms with van der Waals surface area (Å²) in [6.45, 7) is 6.65. The largest absolute Gasteiger partial charge is 0.466 e. The van der Waals surface area contributed by atoms with E-state index in [0.717, 1.165) is 5.56 Å². The van der Waals surface area contributed by atoms with Crippen LogP contribution in [0.2, 0.25) is 0 Å². The third-order valence-electron chi connectivity index (χ3n) is 3.29. The Morgan fingerprint density at radius 3 is 2.24 bits per heavy atom. The first-order chi connectivity index (χ1) is 9.73. The minimum absolute atomic E-state index is 0.187. The van der Waals surface area contributed by atoms with Gasteiger partial charge in [0.2, 0.25) is 0 Å². The van der Waals surface area contributed by atoms with Crippen LogP contribution in [0.1, 0.15) is 32.8 Å². The molecular formula is C15H23NO4S. The van der Waals surface area contributed by atoms with Crippen LogP contribution in [-0.4, -0.2) is 33.8 Å². The molecule has 0 saturated carbocycles. The normalized spacial score (nSPS) is 14.5. The lowest BCUT2D eigenvalue weighted by Gasteiger charge is -2.30. The van der Waals surface area contributed by atoms with Crippen LogP contribution in [0.25, 0.3) is 0 Å². The van der Waals surface area contributed by atoms with Crippen molar-refractivity contribution in [3.8, 4) is 0 Å². The molecule has 0 aliphatic carbocycles. The Morgan fingerprint density at radius 2 is 1.81 bits per heavy atom. The van der Waals surface area contributed by atoms with Crippen molar-refractivity contribution in [1.29, 1.82) is 0 Å². The van der Waals surface area contributed by atoms with Gasteiger partial charge >= 0.3 is 5.97 Å². The Bertz CT molecular complexity index is 580. The molecule has 0 bridgehead atoms. The SMILES string of the molecule is CCNC(C)(CC(=O)OCC)c1ccc(S(C)(=O)=O)cc1. The van der Waals surface area contributed by atoms with E-state index in [4.69, 9.17) is 4.74 Å². The van der Waals surface area contributed by atoms with Gasteiger partial charge in [-0.2, -0.15) is 0 Å². The van der Waals surface area contributed by atoms with Crippen LogP contribution in [-0.2, 0) is 24.9 Å². The van der Waals surface area contributed by atoms with Gasteiger partial charge in [0.25, 0.3) is 0 Å². The number of hydrogen-bond donors (Lipinski definition) is 1. The van der Waals surface area contributed by atoms with E-state index in [0.29, 0.717) is 13.2 Å². The van der Waals surface area contributed by atoms with Crippen molar-refractivity contribution in [2.45, 2.75) is 37.6 Å². The van der Waals surface area contributed by atoms with E-state index in [1.54, 1.807) is 31.2 Å². The van der Waals surface area contributed by atoms with Crippen molar-refractivity contribution in [3.05, 3.63) is 29.8 Å². The molecule has 0 fully saturated rings. The maximum Gasteiger partial charge on any atom is 0.307 e. The Hall–Kier alpha value is -1.40. The zero-order valence-corrected chi connectivity index (χ0v) is 13.8. The van der Waals surface area contributed by atoms with E-state index in [-0.39, 0.29) is 17.3 Å². The fraction of sp³-hybridized carbons (Fsp3) is 0.533. The van der Waals surface area contributed by atoms with Crippen LogP contribution in [0, 0.1) is 0 Å². The second-order valence-electron chi connectivity index (χ2n) is 5.14. The summed E-state index contributed by atoms with van der Waals surface area (Å²) >= 11 is 0. The maximum absolute atomic E-state index is 11.8. The van der Waals surface area contributed by atoms with Gasteiger partial charge in [0.1, 0.15) is 0 Å². The number of carbonyl (C=O) groups excluding carboxylic acids is 1. The molecule has 1 aromatic rings. The highest BCUT2D eigenvalue weighted by atomic mass is 32.2. The van der Waals surface area contributed by atoms with Gasteiger partial charge in [-0.15, -0.1) is 0 Å². The molecule has 0 heterocycles. The smallest absolute Gasteiger partial charge is 0.307 e. The summed E-state index contributed by atoms with van der Waals surface area (Å²) < 4.78 is 28.0. The Balaban J connectivity index is 3.07. The van der Waals surface area contributed by atoms with E-state index >= 15 is 0 Å². The lowest BCUT2D eigenvalue weighted by molar-refractivity contribution is -0.144. The summed E-state index contributed by atoms with van der Waals surface area (Å²) in [5, 5.41) is 3.27. The van der Waals surface area contributed by atoms with E-state index in [2.05, 4.69) is 5.32 Å². The average molecular weight is 313 g/mol. The van der Waals surface area contributed by atoms with Crippen LogP contribution in [0.3, 0.4) is 0 Å². The highest BCUT2D eigenvalue weighted by Gasteiger charge is 2.29. The van der Waals surface area contributed by atoms with Crippen LogP contribution in [0.5, 0.6) is 0 Å². The number of nitrogens with one attached hydrogen (secondary N) is 1. The van der Waals surface area contributed by atoms with Crippen molar-refractivity contribution in [1.82, 2.24) is 5.32 Å². The summed E-state index contributed by atoms with van der Waals surface area (Å²) in [4.78, 5) is 12.0. The fourth-order valence-electron chi connectivity index (χ4n) is 2.23. The Kier molecular flexibility index (Phi) is 5.92. The first-order valence-corrected chi connectivity index (χ1v) is 8.83. The first-order valence-electron chi connectivity index (χ1n) is 6.94. The molecule has 21 heavy (non-hydrogen) atoms. The van der Waals surface area contributed by atoms with Crippen molar-refractivity contribution in [2.75, 3.05) is 19.4 Å². The van der Waals surface area contributed by atoms with Crippen molar-refractivity contribution < 1.29 is 17.9 Å². The molecule has 0 saturated heterocycles. The van der Waals surface area contributed by atoms with Gasteiger partial charge in [0, 0.05) is 6.26 Å². The predicted octanol–water partition coefficient (Wildman–Crippen LogP) is 1.87. The average Bonchev–Trinajstić information content (AvgIpc) is 2.38. The van der Waals surface area contributed by atoms with Crippen LogP contribution >= 0.6 is 0 Å². The van der Waals surface area contributed by atoms with Gasteiger partial charge in [0.05, 0.1) is 23.5 Å². The minimum atomic E-state index is -3.22. The first kappa shape index (κ1) is 17.7. The molecule has 1 N–H and O–H groups in total. The third-order valence-corrected chi connectivity index (χ3v) is 4.42. The molecule has 0 spiro atoms. The van der Waals surface area contributed by atoms with E-state index in [9.17, 15) is 13.2 Å². The topological polar surface area (TPSA) is 72.5 Å². The number of esters is 1.